The lowest BCUT2D eigenvalue weighted by Crippen LogP contribution is -2.34. The lowest BCUT2D eigenvalue weighted by molar-refractivity contribution is -0.144. The van der Waals surface area contributed by atoms with Crippen molar-refractivity contribution in [3.8, 4) is 11.8 Å². The van der Waals surface area contributed by atoms with E-state index in [0.29, 0.717) is 16.9 Å². The standard InChI is InChI=1S/C18H22N2O4/c1-6-24-14(21)9-20-12(8-19)17-15(10(2)3)13(23-5)7-11(4)16(17)18(20)22/h7,10,12H,6,9H2,1-5H3. The van der Waals surface area contributed by atoms with Crippen molar-refractivity contribution in [2.45, 2.75) is 39.7 Å². The molecule has 0 spiro atoms. The van der Waals surface area contributed by atoms with Crippen LogP contribution in [0, 0.1) is 18.3 Å². The Morgan fingerprint density at radius 1 is 1.46 bits per heavy atom. The molecule has 1 heterocycles. The second-order valence-electron chi connectivity index (χ2n) is 6.02. The minimum absolute atomic E-state index is 0.0699. The highest BCUT2D eigenvalue weighted by atomic mass is 16.5. The minimum atomic E-state index is -0.817. The first-order valence-electron chi connectivity index (χ1n) is 7.94. The summed E-state index contributed by atoms with van der Waals surface area (Å²) in [5, 5.41) is 9.67. The normalized spacial score (nSPS) is 16.1. The van der Waals surface area contributed by atoms with Crippen LogP contribution in [0.1, 0.15) is 59.8 Å². The van der Waals surface area contributed by atoms with Gasteiger partial charge in [0.15, 0.2) is 0 Å². The number of ether oxygens (including phenoxy) is 2. The van der Waals surface area contributed by atoms with Gasteiger partial charge in [-0.15, -0.1) is 0 Å². The van der Waals surface area contributed by atoms with Gasteiger partial charge in [-0.25, -0.2) is 0 Å². The number of aryl methyl sites for hydroxylation is 1. The molecule has 1 aromatic rings. The van der Waals surface area contributed by atoms with E-state index < -0.39 is 12.0 Å². The molecule has 1 unspecified atom stereocenters. The molecule has 0 N–H and O–H groups in total. The van der Waals surface area contributed by atoms with Gasteiger partial charge in [-0.05, 0) is 31.4 Å². The van der Waals surface area contributed by atoms with Gasteiger partial charge >= 0.3 is 5.97 Å². The van der Waals surface area contributed by atoms with Gasteiger partial charge in [0.2, 0.25) is 0 Å². The van der Waals surface area contributed by atoms with Crippen molar-refractivity contribution in [3.05, 3.63) is 28.3 Å². The molecule has 2 rings (SSSR count). The van der Waals surface area contributed by atoms with Crippen molar-refractivity contribution < 1.29 is 19.1 Å². The fourth-order valence-corrected chi connectivity index (χ4v) is 3.22. The minimum Gasteiger partial charge on any atom is -0.496 e. The Labute approximate surface area is 142 Å². The first-order valence-corrected chi connectivity index (χ1v) is 7.94. The Balaban J connectivity index is 2.61. The summed E-state index contributed by atoms with van der Waals surface area (Å²) >= 11 is 0. The maximum absolute atomic E-state index is 12.8. The van der Waals surface area contributed by atoms with E-state index in [9.17, 15) is 14.9 Å². The highest BCUT2D eigenvalue weighted by Gasteiger charge is 2.42. The average molecular weight is 330 g/mol. The molecule has 1 aromatic carbocycles. The van der Waals surface area contributed by atoms with Gasteiger partial charge in [-0.2, -0.15) is 5.26 Å². The van der Waals surface area contributed by atoms with E-state index in [-0.39, 0.29) is 25.0 Å². The number of nitrogens with zero attached hydrogens (tertiary/aromatic N) is 2. The molecule has 1 atom stereocenters. The molecule has 6 nitrogen and oxygen atoms in total. The van der Waals surface area contributed by atoms with Crippen molar-refractivity contribution in [1.82, 2.24) is 4.90 Å². The van der Waals surface area contributed by atoms with E-state index in [2.05, 4.69) is 6.07 Å². The third-order valence-electron chi connectivity index (χ3n) is 4.15. The summed E-state index contributed by atoms with van der Waals surface area (Å²) in [4.78, 5) is 25.9. The number of hydrogen-bond acceptors (Lipinski definition) is 5. The van der Waals surface area contributed by atoms with Crippen molar-refractivity contribution in [2.75, 3.05) is 20.3 Å². The summed E-state index contributed by atoms with van der Waals surface area (Å²) in [5.41, 5.74) is 2.72. The van der Waals surface area contributed by atoms with Crippen LogP contribution in [0.15, 0.2) is 6.07 Å². The third-order valence-corrected chi connectivity index (χ3v) is 4.15. The molecule has 1 amide bonds. The lowest BCUT2D eigenvalue weighted by Gasteiger charge is -2.21. The molecule has 1 aliphatic rings. The van der Waals surface area contributed by atoms with Gasteiger partial charge in [-0.1, -0.05) is 13.8 Å². The van der Waals surface area contributed by atoms with Gasteiger partial charge in [0.1, 0.15) is 18.3 Å². The molecule has 6 heteroatoms. The number of hydrogen-bond donors (Lipinski definition) is 0. The summed E-state index contributed by atoms with van der Waals surface area (Å²) in [7, 11) is 1.57. The maximum atomic E-state index is 12.8. The van der Waals surface area contributed by atoms with Gasteiger partial charge in [-0.3, -0.25) is 9.59 Å². The highest BCUT2D eigenvalue weighted by molar-refractivity contribution is 6.03. The summed E-state index contributed by atoms with van der Waals surface area (Å²) in [6.45, 7) is 7.48. The van der Waals surface area contributed by atoms with Crippen LogP contribution < -0.4 is 4.74 Å². The van der Waals surface area contributed by atoms with Crippen LogP contribution in [-0.4, -0.2) is 37.0 Å². The zero-order valence-corrected chi connectivity index (χ0v) is 14.7. The number of carbonyl (C=O) groups is 2. The number of fused-ring (bicyclic) bond motifs is 1. The van der Waals surface area contributed by atoms with E-state index in [1.165, 1.54) is 4.90 Å². The number of nitriles is 1. The van der Waals surface area contributed by atoms with Crippen LogP contribution >= 0.6 is 0 Å². The second-order valence-corrected chi connectivity index (χ2v) is 6.02. The van der Waals surface area contributed by atoms with E-state index in [4.69, 9.17) is 9.47 Å². The topological polar surface area (TPSA) is 79.6 Å². The Hall–Kier alpha value is -2.55. The van der Waals surface area contributed by atoms with E-state index >= 15 is 0 Å². The first-order chi connectivity index (χ1) is 11.4. The van der Waals surface area contributed by atoms with Crippen LogP contribution in [-0.2, 0) is 9.53 Å². The third kappa shape index (κ3) is 2.82. The molecule has 0 aromatic heterocycles. The predicted octanol–water partition coefficient (Wildman–Crippen LogP) is 2.71. The lowest BCUT2D eigenvalue weighted by atomic mass is 9.88. The van der Waals surface area contributed by atoms with Crippen molar-refractivity contribution in [1.29, 1.82) is 5.26 Å². The van der Waals surface area contributed by atoms with E-state index in [1.807, 2.05) is 26.8 Å². The summed E-state index contributed by atoms with van der Waals surface area (Å²) < 4.78 is 10.4. The van der Waals surface area contributed by atoms with E-state index in [1.54, 1.807) is 14.0 Å². The van der Waals surface area contributed by atoms with Crippen LogP contribution in [0.4, 0.5) is 0 Å². The van der Waals surface area contributed by atoms with Crippen molar-refractivity contribution in [2.24, 2.45) is 0 Å². The number of benzene rings is 1. The molecule has 0 saturated heterocycles. The van der Waals surface area contributed by atoms with Gasteiger partial charge in [0.05, 0.1) is 19.8 Å². The molecule has 0 bridgehead atoms. The molecule has 0 saturated carbocycles. The second kappa shape index (κ2) is 6.91. The molecule has 1 aliphatic heterocycles. The zero-order valence-electron chi connectivity index (χ0n) is 14.7. The molecule has 24 heavy (non-hydrogen) atoms. The van der Waals surface area contributed by atoms with Gasteiger partial charge in [0.25, 0.3) is 5.91 Å². The summed E-state index contributed by atoms with van der Waals surface area (Å²) in [6, 6.07) is 3.16. The SMILES string of the molecule is CCOC(=O)CN1C(=O)c2c(C)cc(OC)c(C(C)C)c2C1C#N. The van der Waals surface area contributed by atoms with Crippen LogP contribution in [0.5, 0.6) is 5.75 Å². The quantitative estimate of drug-likeness (QED) is 0.776. The van der Waals surface area contributed by atoms with Gasteiger partial charge in [0, 0.05) is 16.7 Å². The molecule has 0 radical (unpaired) electrons. The number of carbonyl (C=O) groups excluding carboxylic acids is 2. The average Bonchev–Trinajstić information content (AvgIpc) is 2.79. The fourth-order valence-electron chi connectivity index (χ4n) is 3.22. The number of amides is 1. The number of rotatable bonds is 5. The number of methoxy groups -OCH3 is 1. The van der Waals surface area contributed by atoms with Crippen molar-refractivity contribution >= 4 is 11.9 Å². The maximum Gasteiger partial charge on any atom is 0.325 e. The monoisotopic (exact) mass is 330 g/mol. The van der Waals surface area contributed by atoms with Gasteiger partial charge < -0.3 is 14.4 Å². The Morgan fingerprint density at radius 2 is 2.12 bits per heavy atom. The fraction of sp³-hybridized carbons (Fsp3) is 0.500. The molecule has 128 valence electrons. The Morgan fingerprint density at radius 3 is 2.62 bits per heavy atom. The molecular weight excluding hydrogens is 308 g/mol. The largest absolute Gasteiger partial charge is 0.496 e. The first kappa shape index (κ1) is 17.8. The molecule has 0 aliphatic carbocycles. The van der Waals surface area contributed by atoms with Crippen LogP contribution in [0.2, 0.25) is 0 Å². The summed E-state index contributed by atoms with van der Waals surface area (Å²) in [6.07, 6.45) is 0. The van der Waals surface area contributed by atoms with Crippen molar-refractivity contribution in [3.63, 3.8) is 0 Å². The Bertz CT molecular complexity index is 719. The summed E-state index contributed by atoms with van der Waals surface area (Å²) in [5.74, 6) is -0.103. The van der Waals surface area contributed by atoms with E-state index in [0.717, 1.165) is 11.1 Å². The number of esters is 1. The highest BCUT2D eigenvalue weighted by Crippen LogP contribution is 2.44. The van der Waals surface area contributed by atoms with Crippen LogP contribution in [0.3, 0.4) is 0 Å². The zero-order chi connectivity index (χ0) is 18.0. The molecular formula is C18H22N2O4. The smallest absolute Gasteiger partial charge is 0.325 e. The molecule has 0 fully saturated rings. The van der Waals surface area contributed by atoms with Crippen LogP contribution in [0.25, 0.3) is 0 Å². The Kier molecular flexibility index (Phi) is 5.13. The predicted molar refractivity (Wildman–Crippen MR) is 87.8 cm³/mol.